The third-order valence-corrected chi connectivity index (χ3v) is 3.31. The van der Waals surface area contributed by atoms with Crippen molar-refractivity contribution in [3.05, 3.63) is 17.2 Å². The van der Waals surface area contributed by atoms with E-state index in [1.807, 2.05) is 6.92 Å². The monoisotopic (exact) mass is 252 g/mol. The van der Waals surface area contributed by atoms with Gasteiger partial charge in [0.25, 0.3) is 0 Å². The third kappa shape index (κ3) is 2.10. The van der Waals surface area contributed by atoms with E-state index in [9.17, 15) is 9.59 Å². The number of rotatable bonds is 4. The van der Waals surface area contributed by atoms with Gasteiger partial charge in [0.1, 0.15) is 5.82 Å². The fourth-order valence-electron chi connectivity index (χ4n) is 2.42. The van der Waals surface area contributed by atoms with Gasteiger partial charge in [-0.1, -0.05) is 6.92 Å². The number of aromatic nitrogens is 2. The molecule has 18 heavy (non-hydrogen) atoms. The van der Waals surface area contributed by atoms with E-state index in [1.165, 1.54) is 0 Å². The van der Waals surface area contributed by atoms with Crippen LogP contribution in [0.5, 0.6) is 0 Å². The Bertz CT molecular complexity index is 493. The maximum atomic E-state index is 11.1. The molecule has 2 N–H and O–H groups in total. The average Bonchev–Trinajstić information content (AvgIpc) is 2.68. The van der Waals surface area contributed by atoms with Crippen molar-refractivity contribution in [1.29, 1.82) is 0 Å². The zero-order chi connectivity index (χ0) is 13.3. The molecule has 0 fully saturated rings. The van der Waals surface area contributed by atoms with Gasteiger partial charge in [0.05, 0.1) is 11.6 Å². The van der Waals surface area contributed by atoms with Crippen molar-refractivity contribution in [2.45, 2.75) is 39.2 Å². The zero-order valence-electron chi connectivity index (χ0n) is 10.2. The molecule has 0 spiro atoms. The van der Waals surface area contributed by atoms with Crippen molar-refractivity contribution in [2.75, 3.05) is 0 Å². The lowest BCUT2D eigenvalue weighted by Gasteiger charge is -2.22. The maximum Gasteiger partial charge on any atom is 0.356 e. The van der Waals surface area contributed by atoms with E-state index in [0.717, 1.165) is 6.42 Å². The Hall–Kier alpha value is -1.85. The first-order valence-electron chi connectivity index (χ1n) is 6.09. The Morgan fingerprint density at radius 1 is 1.44 bits per heavy atom. The predicted octanol–water partition coefficient (Wildman–Crippen LogP) is 1.18. The fraction of sp³-hybridized carbons (Fsp3) is 0.583. The number of hydrogen-bond acceptors (Lipinski definition) is 3. The summed E-state index contributed by atoms with van der Waals surface area (Å²) in [4.78, 5) is 26.3. The Labute approximate surface area is 104 Å². The molecule has 98 valence electrons. The second kappa shape index (κ2) is 4.80. The summed E-state index contributed by atoms with van der Waals surface area (Å²) in [5, 5.41) is 18.2. The molecule has 1 aliphatic heterocycles. The molecule has 2 rings (SSSR count). The molecule has 1 aromatic heterocycles. The molecule has 0 radical (unpaired) electrons. The van der Waals surface area contributed by atoms with Gasteiger partial charge in [-0.05, 0) is 19.3 Å². The number of carbonyl (C=O) groups is 2. The first-order chi connectivity index (χ1) is 8.54. The van der Waals surface area contributed by atoms with Crippen LogP contribution in [0.2, 0.25) is 0 Å². The third-order valence-electron chi connectivity index (χ3n) is 3.31. The Morgan fingerprint density at radius 3 is 2.72 bits per heavy atom. The molecule has 2 heterocycles. The standard InChI is InChI=1S/C12H16N2O4/c1-2-3-9-13-10(12(17)18)8-5-4-7(11(15)16)6-14(8)9/h7H,2-6H2,1H3,(H,15,16)(H,17,18). The summed E-state index contributed by atoms with van der Waals surface area (Å²) >= 11 is 0. The van der Waals surface area contributed by atoms with Crippen LogP contribution in [0.15, 0.2) is 0 Å². The number of aryl methyl sites for hydroxylation is 1. The van der Waals surface area contributed by atoms with Gasteiger partial charge in [0.15, 0.2) is 5.69 Å². The van der Waals surface area contributed by atoms with Crippen molar-refractivity contribution in [2.24, 2.45) is 5.92 Å². The second-order valence-electron chi connectivity index (χ2n) is 4.56. The lowest BCUT2D eigenvalue weighted by atomic mass is 9.97. The molecule has 0 saturated heterocycles. The number of fused-ring (bicyclic) bond motifs is 1. The quantitative estimate of drug-likeness (QED) is 0.839. The highest BCUT2D eigenvalue weighted by molar-refractivity contribution is 5.87. The van der Waals surface area contributed by atoms with E-state index in [2.05, 4.69) is 4.98 Å². The van der Waals surface area contributed by atoms with Crippen molar-refractivity contribution in [3.8, 4) is 0 Å². The van der Waals surface area contributed by atoms with Gasteiger partial charge in [-0.25, -0.2) is 9.78 Å². The average molecular weight is 252 g/mol. The van der Waals surface area contributed by atoms with Gasteiger partial charge in [0.2, 0.25) is 0 Å². The molecule has 0 aliphatic carbocycles. The Balaban J connectivity index is 2.40. The molecular formula is C12H16N2O4. The van der Waals surface area contributed by atoms with Crippen LogP contribution in [0.1, 0.15) is 41.8 Å². The summed E-state index contributed by atoms with van der Waals surface area (Å²) in [6.07, 6.45) is 2.47. The molecule has 1 aliphatic rings. The van der Waals surface area contributed by atoms with Crippen LogP contribution in [0, 0.1) is 5.92 Å². The number of hydrogen-bond donors (Lipinski definition) is 2. The van der Waals surface area contributed by atoms with E-state index in [-0.39, 0.29) is 5.69 Å². The van der Waals surface area contributed by atoms with E-state index >= 15 is 0 Å². The molecule has 0 bridgehead atoms. The lowest BCUT2D eigenvalue weighted by Crippen LogP contribution is -2.28. The summed E-state index contributed by atoms with van der Waals surface area (Å²) in [6, 6.07) is 0. The normalized spacial score (nSPS) is 18.4. The van der Waals surface area contributed by atoms with Gasteiger partial charge in [-0.3, -0.25) is 4.79 Å². The Kier molecular flexibility index (Phi) is 3.36. The smallest absolute Gasteiger partial charge is 0.356 e. The molecule has 6 heteroatoms. The first-order valence-corrected chi connectivity index (χ1v) is 6.09. The van der Waals surface area contributed by atoms with Crippen molar-refractivity contribution < 1.29 is 19.8 Å². The minimum Gasteiger partial charge on any atom is -0.481 e. The number of nitrogens with zero attached hydrogens (tertiary/aromatic N) is 2. The highest BCUT2D eigenvalue weighted by Crippen LogP contribution is 2.25. The zero-order valence-corrected chi connectivity index (χ0v) is 10.2. The van der Waals surface area contributed by atoms with Gasteiger partial charge >= 0.3 is 11.9 Å². The topological polar surface area (TPSA) is 92.4 Å². The van der Waals surface area contributed by atoms with Gasteiger partial charge in [-0.2, -0.15) is 0 Å². The summed E-state index contributed by atoms with van der Waals surface area (Å²) in [5.41, 5.74) is 0.755. The molecule has 1 aromatic rings. The first kappa shape index (κ1) is 12.6. The predicted molar refractivity (Wildman–Crippen MR) is 62.6 cm³/mol. The van der Waals surface area contributed by atoms with E-state index in [0.29, 0.717) is 37.3 Å². The second-order valence-corrected chi connectivity index (χ2v) is 4.56. The van der Waals surface area contributed by atoms with Gasteiger partial charge in [0, 0.05) is 13.0 Å². The molecule has 0 saturated carbocycles. The highest BCUT2D eigenvalue weighted by Gasteiger charge is 2.30. The number of carboxylic acids is 2. The highest BCUT2D eigenvalue weighted by atomic mass is 16.4. The summed E-state index contributed by atoms with van der Waals surface area (Å²) < 4.78 is 1.79. The maximum absolute atomic E-state index is 11.1. The number of aliphatic carboxylic acids is 1. The minimum absolute atomic E-state index is 0.0855. The van der Waals surface area contributed by atoms with E-state index in [1.54, 1.807) is 4.57 Å². The van der Waals surface area contributed by atoms with Crippen LogP contribution in [0.25, 0.3) is 0 Å². The number of carboxylic acid groups (broad SMARTS) is 2. The largest absolute Gasteiger partial charge is 0.481 e. The van der Waals surface area contributed by atoms with Crippen LogP contribution < -0.4 is 0 Å². The molecular weight excluding hydrogens is 236 g/mol. The summed E-state index contributed by atoms with van der Waals surface area (Å²) in [7, 11) is 0. The van der Waals surface area contributed by atoms with Crippen LogP contribution in [0.4, 0.5) is 0 Å². The fourth-order valence-corrected chi connectivity index (χ4v) is 2.42. The van der Waals surface area contributed by atoms with Crippen molar-refractivity contribution in [3.63, 3.8) is 0 Å². The minimum atomic E-state index is -1.03. The molecule has 1 atom stereocenters. The molecule has 0 aromatic carbocycles. The summed E-state index contributed by atoms with van der Waals surface area (Å²) in [6.45, 7) is 2.32. The van der Waals surface area contributed by atoms with Crippen molar-refractivity contribution >= 4 is 11.9 Å². The number of imidazole rings is 1. The molecule has 6 nitrogen and oxygen atoms in total. The lowest BCUT2D eigenvalue weighted by molar-refractivity contribution is -0.142. The molecule has 1 unspecified atom stereocenters. The summed E-state index contributed by atoms with van der Waals surface area (Å²) in [5.74, 6) is -1.61. The number of aromatic carboxylic acids is 1. The molecule has 0 amide bonds. The van der Waals surface area contributed by atoms with Gasteiger partial charge in [-0.15, -0.1) is 0 Å². The van der Waals surface area contributed by atoms with Crippen molar-refractivity contribution in [1.82, 2.24) is 9.55 Å². The van der Waals surface area contributed by atoms with Crippen LogP contribution >= 0.6 is 0 Å². The van der Waals surface area contributed by atoms with E-state index in [4.69, 9.17) is 10.2 Å². The van der Waals surface area contributed by atoms with Gasteiger partial charge < -0.3 is 14.8 Å². The van der Waals surface area contributed by atoms with Crippen LogP contribution in [0.3, 0.4) is 0 Å². The van der Waals surface area contributed by atoms with Crippen LogP contribution in [-0.4, -0.2) is 31.7 Å². The van der Waals surface area contributed by atoms with E-state index < -0.39 is 17.9 Å². The van der Waals surface area contributed by atoms with Crippen LogP contribution in [-0.2, 0) is 24.2 Å². The Morgan fingerprint density at radius 2 is 2.17 bits per heavy atom. The SMILES string of the molecule is CCCc1nc(C(=O)O)c2n1CC(C(=O)O)CC2.